The lowest BCUT2D eigenvalue weighted by molar-refractivity contribution is -0.0290. The lowest BCUT2D eigenvalue weighted by atomic mass is 9.71. The second-order valence-electron chi connectivity index (χ2n) is 8.22. The highest BCUT2D eigenvalue weighted by Crippen LogP contribution is 2.54. The molecule has 0 saturated carbocycles. The highest BCUT2D eigenvalue weighted by molar-refractivity contribution is 5.89. The van der Waals surface area contributed by atoms with Gasteiger partial charge in [0.05, 0.1) is 25.9 Å². The van der Waals surface area contributed by atoms with Gasteiger partial charge in [0.15, 0.2) is 0 Å². The van der Waals surface area contributed by atoms with Gasteiger partial charge in [0.2, 0.25) is 0 Å². The Hall–Kier alpha value is -2.37. The second kappa shape index (κ2) is 8.17. The fourth-order valence-corrected chi connectivity index (χ4v) is 5.24. The van der Waals surface area contributed by atoms with Crippen molar-refractivity contribution in [1.29, 1.82) is 0 Å². The van der Waals surface area contributed by atoms with Gasteiger partial charge in [-0.1, -0.05) is 18.2 Å². The Morgan fingerprint density at radius 3 is 2.79 bits per heavy atom. The van der Waals surface area contributed by atoms with Crippen molar-refractivity contribution in [1.82, 2.24) is 5.32 Å². The summed E-state index contributed by atoms with van der Waals surface area (Å²) in [4.78, 5) is 11.9. The van der Waals surface area contributed by atoms with Crippen LogP contribution in [-0.2, 0) is 22.3 Å². The van der Waals surface area contributed by atoms with Crippen molar-refractivity contribution in [2.24, 2.45) is 5.41 Å². The maximum atomic E-state index is 11.9. The van der Waals surface area contributed by atoms with Crippen molar-refractivity contribution in [3.63, 3.8) is 0 Å². The normalized spacial score (nSPS) is 25.6. The molecule has 1 N–H and O–H groups in total. The van der Waals surface area contributed by atoms with Crippen LogP contribution in [0, 0.1) is 5.41 Å². The molecule has 1 unspecified atom stereocenters. The van der Waals surface area contributed by atoms with E-state index in [1.807, 2.05) is 25.3 Å². The summed E-state index contributed by atoms with van der Waals surface area (Å²) in [5.74, 6) is 0.590. The van der Waals surface area contributed by atoms with E-state index in [-0.39, 0.29) is 17.5 Å². The van der Waals surface area contributed by atoms with E-state index >= 15 is 0 Å². The first-order valence-electron chi connectivity index (χ1n) is 10.2. The number of carbonyl (C=O) groups excluding carboxylic acids is 1. The third kappa shape index (κ3) is 3.77. The number of hydrogen-bond acceptors (Lipinski definition) is 5. The molecule has 3 atom stereocenters. The molecule has 1 aliphatic carbocycles. The molecule has 1 saturated heterocycles. The molecule has 0 aromatic heterocycles. The largest absolute Gasteiger partial charge is 0.497 e. The molecule has 2 aromatic carbocycles. The molecule has 2 aromatic rings. The Morgan fingerprint density at radius 2 is 2.03 bits per heavy atom. The lowest BCUT2D eigenvalue weighted by Gasteiger charge is -2.42. The van der Waals surface area contributed by atoms with Crippen LogP contribution in [0.4, 0.5) is 0 Å². The number of fused-ring (bicyclic) bond motifs is 1. The van der Waals surface area contributed by atoms with Gasteiger partial charge in [0.1, 0.15) is 5.75 Å². The van der Waals surface area contributed by atoms with Gasteiger partial charge in [-0.2, -0.15) is 0 Å². The van der Waals surface area contributed by atoms with Crippen LogP contribution in [0.5, 0.6) is 5.75 Å². The van der Waals surface area contributed by atoms with E-state index < -0.39 is 0 Å². The first-order valence-corrected chi connectivity index (χ1v) is 10.2. The zero-order chi connectivity index (χ0) is 20.4. The van der Waals surface area contributed by atoms with E-state index in [0.29, 0.717) is 11.6 Å². The Kier molecular flexibility index (Phi) is 5.61. The van der Waals surface area contributed by atoms with Gasteiger partial charge >= 0.3 is 5.97 Å². The van der Waals surface area contributed by atoms with E-state index in [9.17, 15) is 4.79 Å². The summed E-state index contributed by atoms with van der Waals surface area (Å²) in [6.07, 6.45) is 4.11. The molecular weight excluding hydrogens is 366 g/mol. The second-order valence-corrected chi connectivity index (χ2v) is 8.22. The van der Waals surface area contributed by atoms with Crippen LogP contribution in [0.2, 0.25) is 0 Å². The highest BCUT2D eigenvalue weighted by Gasteiger charge is 2.49. The summed E-state index contributed by atoms with van der Waals surface area (Å²) in [5.41, 5.74) is 4.48. The molecule has 29 heavy (non-hydrogen) atoms. The zero-order valence-electron chi connectivity index (χ0n) is 17.4. The molecule has 5 nitrogen and oxygen atoms in total. The van der Waals surface area contributed by atoms with Crippen LogP contribution in [0.15, 0.2) is 42.5 Å². The van der Waals surface area contributed by atoms with Gasteiger partial charge in [-0.25, -0.2) is 4.79 Å². The summed E-state index contributed by atoms with van der Waals surface area (Å²) in [5, 5.41) is 3.68. The van der Waals surface area contributed by atoms with Crippen LogP contribution in [0.25, 0.3) is 0 Å². The minimum atomic E-state index is -0.292. The predicted octanol–water partition coefficient (Wildman–Crippen LogP) is 3.71. The summed E-state index contributed by atoms with van der Waals surface area (Å²) < 4.78 is 16.4. The van der Waals surface area contributed by atoms with Crippen LogP contribution in [0.3, 0.4) is 0 Å². The average Bonchev–Trinajstić information content (AvgIpc) is 3.04. The summed E-state index contributed by atoms with van der Waals surface area (Å²) in [6.45, 7) is 0.965. The standard InChI is InChI=1S/C24H29NO4/c1-27-20-8-7-18-14-24(22(28-2)21(18)13-20)9-10-25-19(15-24)12-16-5-4-6-17(11-16)23(26)29-3/h4-8,11,13,19,22,25H,9-10,12,14-15H2,1-3H3/t19-,22+,24?/m1/s1. The van der Waals surface area contributed by atoms with Crippen molar-refractivity contribution >= 4 is 5.97 Å². The number of rotatable bonds is 5. The van der Waals surface area contributed by atoms with Crippen LogP contribution >= 0.6 is 0 Å². The van der Waals surface area contributed by atoms with E-state index in [4.69, 9.17) is 14.2 Å². The first-order chi connectivity index (χ1) is 14.1. The van der Waals surface area contributed by atoms with Gasteiger partial charge in [-0.3, -0.25) is 0 Å². The molecule has 1 heterocycles. The van der Waals surface area contributed by atoms with Crippen molar-refractivity contribution in [2.45, 2.75) is 37.8 Å². The number of benzene rings is 2. The lowest BCUT2D eigenvalue weighted by Crippen LogP contribution is -2.47. The van der Waals surface area contributed by atoms with Gasteiger partial charge in [0.25, 0.3) is 0 Å². The number of hydrogen-bond donors (Lipinski definition) is 1. The van der Waals surface area contributed by atoms with E-state index in [1.165, 1.54) is 18.2 Å². The van der Waals surface area contributed by atoms with Gasteiger partial charge in [-0.15, -0.1) is 0 Å². The van der Waals surface area contributed by atoms with Crippen molar-refractivity contribution in [3.05, 3.63) is 64.7 Å². The molecule has 0 bridgehead atoms. The molecule has 0 radical (unpaired) electrons. The van der Waals surface area contributed by atoms with E-state index in [0.717, 1.165) is 43.5 Å². The molecular formula is C24H29NO4. The third-order valence-corrected chi connectivity index (χ3v) is 6.51. The van der Waals surface area contributed by atoms with Crippen molar-refractivity contribution in [2.75, 3.05) is 27.9 Å². The molecule has 2 aliphatic rings. The monoisotopic (exact) mass is 395 g/mol. The van der Waals surface area contributed by atoms with Crippen LogP contribution < -0.4 is 10.1 Å². The van der Waals surface area contributed by atoms with E-state index in [1.54, 1.807) is 13.2 Å². The smallest absolute Gasteiger partial charge is 0.337 e. The molecule has 154 valence electrons. The fourth-order valence-electron chi connectivity index (χ4n) is 5.24. The average molecular weight is 395 g/mol. The van der Waals surface area contributed by atoms with Crippen molar-refractivity contribution in [3.8, 4) is 5.75 Å². The minimum Gasteiger partial charge on any atom is -0.497 e. The number of ether oxygens (including phenoxy) is 3. The molecule has 4 rings (SSSR count). The van der Waals surface area contributed by atoms with Crippen LogP contribution in [0.1, 0.15) is 46.0 Å². The maximum absolute atomic E-state index is 11.9. The van der Waals surface area contributed by atoms with Gasteiger partial charge < -0.3 is 19.5 Å². The first kappa shape index (κ1) is 19.9. The summed E-state index contributed by atoms with van der Waals surface area (Å²) in [6, 6.07) is 14.4. The zero-order valence-corrected chi connectivity index (χ0v) is 17.4. The molecule has 1 spiro atoms. The van der Waals surface area contributed by atoms with Crippen molar-refractivity contribution < 1.29 is 19.0 Å². The quantitative estimate of drug-likeness (QED) is 0.783. The SMILES string of the molecule is COC(=O)c1cccc(C[C@@H]2CC3(CCN2)Cc2ccc(OC)cc2[C@@H]3OC)c1. The number of methoxy groups -OCH3 is 3. The van der Waals surface area contributed by atoms with E-state index in [2.05, 4.69) is 23.5 Å². The third-order valence-electron chi connectivity index (χ3n) is 6.51. The molecule has 1 aliphatic heterocycles. The highest BCUT2D eigenvalue weighted by atomic mass is 16.5. The Balaban J connectivity index is 1.54. The fraction of sp³-hybridized carbons (Fsp3) is 0.458. The molecule has 1 fully saturated rings. The van der Waals surface area contributed by atoms with Gasteiger partial charge in [0, 0.05) is 18.6 Å². The van der Waals surface area contributed by atoms with Crippen LogP contribution in [-0.4, -0.2) is 39.9 Å². The summed E-state index contributed by atoms with van der Waals surface area (Å²) in [7, 11) is 4.94. The topological polar surface area (TPSA) is 56.8 Å². The number of esters is 1. The summed E-state index contributed by atoms with van der Waals surface area (Å²) >= 11 is 0. The van der Waals surface area contributed by atoms with Gasteiger partial charge in [-0.05, 0) is 73.2 Å². The Bertz CT molecular complexity index is 896. The number of piperidine rings is 1. The minimum absolute atomic E-state index is 0.0820. The predicted molar refractivity (Wildman–Crippen MR) is 111 cm³/mol. The molecule has 5 heteroatoms. The Morgan fingerprint density at radius 1 is 1.17 bits per heavy atom. The number of carbonyl (C=O) groups is 1. The molecule has 0 amide bonds. The maximum Gasteiger partial charge on any atom is 0.337 e. The number of nitrogens with one attached hydrogen (secondary N) is 1. The Labute approximate surface area is 172 Å².